The number of rotatable bonds is 2. The lowest BCUT2D eigenvalue weighted by Gasteiger charge is -2.10. The minimum atomic E-state index is -0.171. The number of benzene rings is 1. The highest BCUT2D eigenvalue weighted by Gasteiger charge is 2.18. The van der Waals surface area contributed by atoms with Crippen LogP contribution in [0.15, 0.2) is 29.4 Å². The van der Waals surface area contributed by atoms with Gasteiger partial charge in [-0.2, -0.15) is 5.10 Å². The number of hydrogen-bond acceptors (Lipinski definition) is 2. The van der Waals surface area contributed by atoms with Crippen LogP contribution in [-0.4, -0.2) is 17.8 Å². The molecule has 1 fully saturated rings. The summed E-state index contributed by atoms with van der Waals surface area (Å²) in [5.74, 6) is 0. The summed E-state index contributed by atoms with van der Waals surface area (Å²) in [5, 5.41) is 7.20. The van der Waals surface area contributed by atoms with E-state index in [0.29, 0.717) is 6.04 Å². The minimum absolute atomic E-state index is 0.171. The van der Waals surface area contributed by atoms with E-state index in [9.17, 15) is 4.79 Å². The Bertz CT molecular complexity index is 477. The van der Waals surface area contributed by atoms with Crippen LogP contribution < -0.4 is 10.7 Å². The molecule has 0 aromatic heterocycles. The monoisotopic (exact) mass is 257 g/mol. The highest BCUT2D eigenvalue weighted by Crippen LogP contribution is 2.19. The lowest BCUT2D eigenvalue weighted by atomic mass is 10.1. The van der Waals surface area contributed by atoms with Gasteiger partial charge in [0.1, 0.15) is 0 Å². The molecule has 0 bridgehead atoms. The smallest absolute Gasteiger partial charge is 0.334 e. The summed E-state index contributed by atoms with van der Waals surface area (Å²) in [6.45, 7) is 0. The quantitative estimate of drug-likeness (QED) is 0.785. The molecule has 0 unspecified atom stereocenters. The van der Waals surface area contributed by atoms with Gasteiger partial charge in [0.05, 0.1) is 0 Å². The van der Waals surface area contributed by atoms with Crippen molar-refractivity contribution >= 4 is 11.7 Å². The molecular weight excluding hydrogens is 238 g/mol. The number of carbonyl (C=O) groups is 1. The Balaban J connectivity index is 1.52. The molecule has 3 rings (SSSR count). The van der Waals surface area contributed by atoms with Crippen LogP contribution in [0.1, 0.15) is 36.8 Å². The van der Waals surface area contributed by atoms with Crippen molar-refractivity contribution in [1.29, 1.82) is 0 Å². The SMILES string of the molecule is O=C(NN=C1Cc2ccccc2C1)NC1CCCC1. The standard InChI is InChI=1S/C15H19N3O/c19-15(16-13-7-3-4-8-13)18-17-14-9-11-5-1-2-6-12(11)10-14/h1-2,5-6,13H,3-4,7-10H2,(H2,16,18,19). The fraction of sp³-hybridized carbons (Fsp3) is 0.467. The maximum Gasteiger partial charge on any atom is 0.335 e. The van der Waals surface area contributed by atoms with Gasteiger partial charge in [-0.1, -0.05) is 37.1 Å². The molecule has 0 aliphatic heterocycles. The Hall–Kier alpha value is -1.84. The van der Waals surface area contributed by atoms with Gasteiger partial charge >= 0.3 is 6.03 Å². The molecule has 1 saturated carbocycles. The molecule has 0 atom stereocenters. The molecule has 0 heterocycles. The predicted octanol–water partition coefficient (Wildman–Crippen LogP) is 2.38. The van der Waals surface area contributed by atoms with Crippen LogP contribution in [0.25, 0.3) is 0 Å². The van der Waals surface area contributed by atoms with Gasteiger partial charge in [-0.25, -0.2) is 10.2 Å². The van der Waals surface area contributed by atoms with Crippen LogP contribution >= 0.6 is 0 Å². The van der Waals surface area contributed by atoms with E-state index in [0.717, 1.165) is 31.4 Å². The molecule has 19 heavy (non-hydrogen) atoms. The number of hydrazone groups is 1. The van der Waals surface area contributed by atoms with Gasteiger partial charge in [0.25, 0.3) is 0 Å². The number of hydrogen-bond donors (Lipinski definition) is 2. The molecule has 4 nitrogen and oxygen atoms in total. The van der Waals surface area contributed by atoms with Crippen LogP contribution in [0, 0.1) is 0 Å². The van der Waals surface area contributed by atoms with Crippen molar-refractivity contribution in [1.82, 2.24) is 10.7 Å². The summed E-state index contributed by atoms with van der Waals surface area (Å²) >= 11 is 0. The van der Waals surface area contributed by atoms with E-state index in [1.807, 2.05) is 12.1 Å². The zero-order valence-electron chi connectivity index (χ0n) is 11.0. The van der Waals surface area contributed by atoms with E-state index in [1.165, 1.54) is 24.0 Å². The third kappa shape index (κ3) is 2.95. The van der Waals surface area contributed by atoms with Gasteiger partial charge < -0.3 is 5.32 Å². The van der Waals surface area contributed by atoms with Crippen molar-refractivity contribution < 1.29 is 4.79 Å². The van der Waals surface area contributed by atoms with Gasteiger partial charge in [-0.05, 0) is 24.0 Å². The van der Waals surface area contributed by atoms with Crippen LogP contribution in [0.4, 0.5) is 4.79 Å². The van der Waals surface area contributed by atoms with Crippen LogP contribution in [0.5, 0.6) is 0 Å². The molecule has 2 aliphatic carbocycles. The zero-order chi connectivity index (χ0) is 13.1. The highest BCUT2D eigenvalue weighted by molar-refractivity contribution is 5.93. The van der Waals surface area contributed by atoms with Gasteiger partial charge in [0, 0.05) is 24.6 Å². The molecule has 2 N–H and O–H groups in total. The maximum absolute atomic E-state index is 11.7. The first kappa shape index (κ1) is 12.2. The van der Waals surface area contributed by atoms with Crippen molar-refractivity contribution in [2.45, 2.75) is 44.6 Å². The van der Waals surface area contributed by atoms with Crippen LogP contribution in [0.3, 0.4) is 0 Å². The first-order valence-electron chi connectivity index (χ1n) is 7.00. The van der Waals surface area contributed by atoms with E-state index in [2.05, 4.69) is 28.0 Å². The average Bonchev–Trinajstić information content (AvgIpc) is 3.04. The molecule has 0 spiro atoms. The van der Waals surface area contributed by atoms with Gasteiger partial charge in [0.2, 0.25) is 0 Å². The third-order valence-corrected chi connectivity index (χ3v) is 3.91. The summed E-state index contributed by atoms with van der Waals surface area (Å²) in [6.07, 6.45) is 6.31. The number of nitrogens with one attached hydrogen (secondary N) is 2. The molecule has 4 heteroatoms. The van der Waals surface area contributed by atoms with Crippen molar-refractivity contribution in [2.24, 2.45) is 5.10 Å². The fourth-order valence-corrected chi connectivity index (χ4v) is 2.90. The Morgan fingerprint density at radius 2 is 1.74 bits per heavy atom. The summed E-state index contributed by atoms with van der Waals surface area (Å²) in [6, 6.07) is 8.49. The summed E-state index contributed by atoms with van der Waals surface area (Å²) in [7, 11) is 0. The van der Waals surface area contributed by atoms with Gasteiger partial charge in [-0.3, -0.25) is 0 Å². The second-order valence-corrected chi connectivity index (χ2v) is 5.37. The number of nitrogens with zero attached hydrogens (tertiary/aromatic N) is 1. The lowest BCUT2D eigenvalue weighted by Crippen LogP contribution is -2.39. The summed E-state index contributed by atoms with van der Waals surface area (Å²) in [4.78, 5) is 11.7. The summed E-state index contributed by atoms with van der Waals surface area (Å²) in [5.41, 5.74) is 6.29. The molecule has 1 aromatic carbocycles. The highest BCUT2D eigenvalue weighted by atomic mass is 16.2. The Labute approximate surface area is 113 Å². The number of urea groups is 1. The first-order chi connectivity index (χ1) is 9.31. The summed E-state index contributed by atoms with van der Waals surface area (Å²) < 4.78 is 0. The van der Waals surface area contributed by atoms with Crippen LogP contribution in [-0.2, 0) is 12.8 Å². The molecule has 100 valence electrons. The van der Waals surface area contributed by atoms with E-state index in [4.69, 9.17) is 0 Å². The molecule has 2 aliphatic rings. The largest absolute Gasteiger partial charge is 0.335 e. The molecule has 2 amide bonds. The average molecular weight is 257 g/mol. The second-order valence-electron chi connectivity index (χ2n) is 5.37. The normalized spacial score (nSPS) is 18.2. The first-order valence-corrected chi connectivity index (χ1v) is 7.00. The topological polar surface area (TPSA) is 53.5 Å². The van der Waals surface area contributed by atoms with Crippen LogP contribution in [0.2, 0.25) is 0 Å². The van der Waals surface area contributed by atoms with Gasteiger partial charge in [0.15, 0.2) is 0 Å². The Kier molecular flexibility index (Phi) is 3.49. The lowest BCUT2D eigenvalue weighted by molar-refractivity contribution is 0.237. The van der Waals surface area contributed by atoms with E-state index in [-0.39, 0.29) is 6.03 Å². The Morgan fingerprint density at radius 1 is 1.11 bits per heavy atom. The molecule has 0 saturated heterocycles. The van der Waals surface area contributed by atoms with Crippen molar-refractivity contribution in [2.75, 3.05) is 0 Å². The van der Waals surface area contributed by atoms with E-state index >= 15 is 0 Å². The zero-order valence-corrected chi connectivity index (χ0v) is 11.0. The number of amides is 2. The molecular formula is C15H19N3O. The number of fused-ring (bicyclic) bond motifs is 1. The molecule has 0 radical (unpaired) electrons. The number of carbonyl (C=O) groups excluding carboxylic acids is 1. The predicted molar refractivity (Wildman–Crippen MR) is 75.2 cm³/mol. The maximum atomic E-state index is 11.7. The van der Waals surface area contributed by atoms with Crippen molar-refractivity contribution in [3.63, 3.8) is 0 Å². The minimum Gasteiger partial charge on any atom is -0.334 e. The Morgan fingerprint density at radius 3 is 2.37 bits per heavy atom. The third-order valence-electron chi connectivity index (χ3n) is 3.91. The second kappa shape index (κ2) is 5.43. The van der Waals surface area contributed by atoms with E-state index in [1.54, 1.807) is 0 Å². The van der Waals surface area contributed by atoms with Crippen molar-refractivity contribution in [3.8, 4) is 0 Å². The molecule has 1 aromatic rings. The fourth-order valence-electron chi connectivity index (χ4n) is 2.90. The van der Waals surface area contributed by atoms with Crippen molar-refractivity contribution in [3.05, 3.63) is 35.4 Å². The van der Waals surface area contributed by atoms with E-state index < -0.39 is 0 Å². The van der Waals surface area contributed by atoms with Gasteiger partial charge in [-0.15, -0.1) is 0 Å².